The quantitative estimate of drug-likeness (QED) is 0.221. The second-order valence-corrected chi connectivity index (χ2v) is 6.34. The summed E-state index contributed by atoms with van der Waals surface area (Å²) in [5.74, 6) is 0.907. The summed E-state index contributed by atoms with van der Waals surface area (Å²) >= 11 is 1.80. The van der Waals surface area contributed by atoms with Gasteiger partial charge in [0.05, 0.1) is 19.8 Å². The smallest absolute Gasteiger partial charge is 0.193 e. The van der Waals surface area contributed by atoms with Gasteiger partial charge in [0.25, 0.3) is 0 Å². The van der Waals surface area contributed by atoms with E-state index in [4.69, 9.17) is 9.47 Å². The Bertz CT molecular complexity index is 416. The number of thiophene rings is 1. The Morgan fingerprint density at radius 2 is 2.00 bits per heavy atom. The summed E-state index contributed by atoms with van der Waals surface area (Å²) < 4.78 is 11.0. The molecule has 1 heterocycles. The molecule has 1 aromatic heterocycles. The highest BCUT2D eigenvalue weighted by Gasteiger charge is 2.05. The van der Waals surface area contributed by atoms with Gasteiger partial charge in [0.15, 0.2) is 5.96 Å². The minimum atomic E-state index is 0. The lowest BCUT2D eigenvalue weighted by atomic mass is 10.3. The summed E-state index contributed by atoms with van der Waals surface area (Å²) in [5, 5.41) is 5.44. The zero-order valence-electron chi connectivity index (χ0n) is 15.1. The van der Waals surface area contributed by atoms with Crippen LogP contribution in [0.3, 0.4) is 0 Å². The highest BCUT2D eigenvalue weighted by atomic mass is 127. The Balaban J connectivity index is 0.00000529. The van der Waals surface area contributed by atoms with E-state index in [2.05, 4.69) is 46.7 Å². The summed E-state index contributed by atoms with van der Waals surface area (Å²) in [4.78, 5) is 7.86. The number of hydrogen-bond acceptors (Lipinski definition) is 4. The minimum Gasteiger partial charge on any atom is -0.379 e. The average molecular weight is 469 g/mol. The molecule has 0 saturated carbocycles. The zero-order chi connectivity index (χ0) is 16.8. The monoisotopic (exact) mass is 469 g/mol. The molecule has 0 spiro atoms. The van der Waals surface area contributed by atoms with Crippen LogP contribution >= 0.6 is 35.3 Å². The maximum absolute atomic E-state index is 5.55. The number of ether oxygens (including phenoxy) is 2. The van der Waals surface area contributed by atoms with Gasteiger partial charge in [-0.05, 0) is 24.3 Å². The van der Waals surface area contributed by atoms with E-state index in [-0.39, 0.29) is 24.0 Å². The van der Waals surface area contributed by atoms with Gasteiger partial charge in [-0.2, -0.15) is 0 Å². The van der Waals surface area contributed by atoms with E-state index in [0.717, 1.165) is 38.5 Å². The fourth-order valence-electron chi connectivity index (χ4n) is 2.03. The van der Waals surface area contributed by atoms with Gasteiger partial charge in [0.1, 0.15) is 0 Å². The molecule has 1 rings (SSSR count). The summed E-state index contributed by atoms with van der Waals surface area (Å²) in [6.07, 6.45) is 3.33. The van der Waals surface area contributed by atoms with Crippen LogP contribution in [0.4, 0.5) is 0 Å². The van der Waals surface area contributed by atoms with E-state index in [1.807, 2.05) is 7.05 Å². The largest absolute Gasteiger partial charge is 0.379 e. The van der Waals surface area contributed by atoms with Gasteiger partial charge >= 0.3 is 0 Å². The molecule has 0 bridgehead atoms. The molecule has 1 N–H and O–H groups in total. The van der Waals surface area contributed by atoms with Crippen molar-refractivity contribution >= 4 is 41.3 Å². The molecular formula is C17H32IN3O2S. The Kier molecular flexibility index (Phi) is 15.9. The normalized spacial score (nSPS) is 11.2. The molecule has 0 amide bonds. The third-order valence-electron chi connectivity index (χ3n) is 3.39. The Labute approximate surface area is 167 Å². The number of unbranched alkanes of at least 4 members (excludes halogenated alkanes) is 1. The molecule has 0 aromatic carbocycles. The first-order valence-electron chi connectivity index (χ1n) is 8.37. The SMILES string of the molecule is CCCCOCCOCCNC(=NC)N(C)CCc1cccs1.I. The first-order valence-corrected chi connectivity index (χ1v) is 9.25. The van der Waals surface area contributed by atoms with E-state index in [1.54, 1.807) is 11.3 Å². The highest BCUT2D eigenvalue weighted by Crippen LogP contribution is 2.09. The first kappa shape index (κ1) is 23.6. The number of hydrogen-bond donors (Lipinski definition) is 1. The lowest BCUT2D eigenvalue weighted by Crippen LogP contribution is -2.41. The standard InChI is InChI=1S/C17H31N3O2S.HI/c1-4-5-11-21-13-14-22-12-9-19-17(18-2)20(3)10-8-16-7-6-15-23-16;/h6-7,15H,4-5,8-14H2,1-3H3,(H,18,19);1H. The topological polar surface area (TPSA) is 46.1 Å². The molecule has 0 unspecified atom stereocenters. The Morgan fingerprint density at radius 1 is 1.25 bits per heavy atom. The third-order valence-corrected chi connectivity index (χ3v) is 4.33. The van der Waals surface area contributed by atoms with Crippen molar-refractivity contribution in [2.24, 2.45) is 4.99 Å². The van der Waals surface area contributed by atoms with Gasteiger partial charge in [-0.3, -0.25) is 4.99 Å². The van der Waals surface area contributed by atoms with Gasteiger partial charge in [0, 0.05) is 38.7 Å². The van der Waals surface area contributed by atoms with Crippen molar-refractivity contribution in [3.63, 3.8) is 0 Å². The van der Waals surface area contributed by atoms with Crippen LogP contribution in [-0.2, 0) is 15.9 Å². The minimum absolute atomic E-state index is 0. The fourth-order valence-corrected chi connectivity index (χ4v) is 2.72. The summed E-state index contributed by atoms with van der Waals surface area (Å²) in [7, 11) is 3.87. The van der Waals surface area contributed by atoms with E-state index in [1.165, 1.54) is 11.3 Å². The molecule has 0 fully saturated rings. The molecule has 140 valence electrons. The second-order valence-electron chi connectivity index (χ2n) is 5.30. The molecule has 24 heavy (non-hydrogen) atoms. The van der Waals surface area contributed by atoms with Gasteiger partial charge < -0.3 is 19.7 Å². The van der Waals surface area contributed by atoms with E-state index < -0.39 is 0 Å². The predicted molar refractivity (Wildman–Crippen MR) is 114 cm³/mol. The lowest BCUT2D eigenvalue weighted by Gasteiger charge is -2.21. The first-order chi connectivity index (χ1) is 11.3. The number of nitrogens with one attached hydrogen (secondary N) is 1. The maximum atomic E-state index is 5.55. The van der Waals surface area contributed by atoms with Crippen molar-refractivity contribution in [1.29, 1.82) is 0 Å². The molecule has 0 atom stereocenters. The van der Waals surface area contributed by atoms with Crippen LogP contribution in [0, 0.1) is 0 Å². The Hall–Kier alpha value is -0.380. The fraction of sp³-hybridized carbons (Fsp3) is 0.706. The molecular weight excluding hydrogens is 437 g/mol. The zero-order valence-corrected chi connectivity index (χ0v) is 18.3. The van der Waals surface area contributed by atoms with Crippen molar-refractivity contribution in [2.45, 2.75) is 26.2 Å². The maximum Gasteiger partial charge on any atom is 0.193 e. The number of halogens is 1. The molecule has 0 aliphatic carbocycles. The second kappa shape index (κ2) is 16.1. The van der Waals surface area contributed by atoms with Gasteiger partial charge in [-0.15, -0.1) is 35.3 Å². The van der Waals surface area contributed by atoms with Crippen LogP contribution in [-0.4, -0.2) is 64.5 Å². The van der Waals surface area contributed by atoms with E-state index >= 15 is 0 Å². The van der Waals surface area contributed by atoms with Crippen LogP contribution in [0.15, 0.2) is 22.5 Å². The van der Waals surface area contributed by atoms with E-state index in [9.17, 15) is 0 Å². The Morgan fingerprint density at radius 3 is 2.62 bits per heavy atom. The van der Waals surface area contributed by atoms with Crippen molar-refractivity contribution in [3.8, 4) is 0 Å². The average Bonchev–Trinajstić information content (AvgIpc) is 3.08. The molecule has 1 aromatic rings. The molecule has 7 heteroatoms. The summed E-state index contributed by atoms with van der Waals surface area (Å²) in [6, 6.07) is 4.27. The van der Waals surface area contributed by atoms with Gasteiger partial charge in [-0.25, -0.2) is 0 Å². The van der Waals surface area contributed by atoms with Crippen LogP contribution in [0.25, 0.3) is 0 Å². The summed E-state index contributed by atoms with van der Waals surface area (Å²) in [5.41, 5.74) is 0. The highest BCUT2D eigenvalue weighted by molar-refractivity contribution is 14.0. The van der Waals surface area contributed by atoms with Crippen molar-refractivity contribution in [1.82, 2.24) is 10.2 Å². The summed E-state index contributed by atoms with van der Waals surface area (Å²) in [6.45, 7) is 6.69. The molecule has 0 aliphatic heterocycles. The van der Waals surface area contributed by atoms with Gasteiger partial charge in [0.2, 0.25) is 0 Å². The molecule has 0 saturated heterocycles. The van der Waals surface area contributed by atoms with Crippen LogP contribution < -0.4 is 5.32 Å². The van der Waals surface area contributed by atoms with Crippen molar-refractivity contribution in [3.05, 3.63) is 22.4 Å². The van der Waals surface area contributed by atoms with Crippen LogP contribution in [0.5, 0.6) is 0 Å². The molecule has 5 nitrogen and oxygen atoms in total. The van der Waals surface area contributed by atoms with Crippen LogP contribution in [0.1, 0.15) is 24.6 Å². The molecule has 0 aliphatic rings. The van der Waals surface area contributed by atoms with Crippen LogP contribution in [0.2, 0.25) is 0 Å². The number of rotatable bonds is 12. The number of likely N-dealkylation sites (N-methyl/N-ethyl adjacent to an activating group) is 1. The lowest BCUT2D eigenvalue weighted by molar-refractivity contribution is 0.0486. The third kappa shape index (κ3) is 11.2. The van der Waals surface area contributed by atoms with Crippen molar-refractivity contribution in [2.75, 3.05) is 53.6 Å². The predicted octanol–water partition coefficient (Wildman–Crippen LogP) is 3.25. The molecule has 0 radical (unpaired) electrons. The number of guanidine groups is 1. The van der Waals surface area contributed by atoms with Crippen molar-refractivity contribution < 1.29 is 9.47 Å². The number of nitrogens with zero attached hydrogens (tertiary/aromatic N) is 2. The number of aliphatic imine (C=N–C) groups is 1. The van der Waals surface area contributed by atoms with Gasteiger partial charge in [-0.1, -0.05) is 19.4 Å². The van der Waals surface area contributed by atoms with E-state index in [0.29, 0.717) is 19.8 Å².